The molecule has 0 fully saturated rings. The largest absolute Gasteiger partial charge is 0.385 e. The van der Waals surface area contributed by atoms with Gasteiger partial charge in [0, 0.05) is 30.8 Å². The number of non-ortho nitro benzene ring substituents is 1. The van der Waals surface area contributed by atoms with E-state index in [2.05, 4.69) is 24.5 Å². The van der Waals surface area contributed by atoms with Gasteiger partial charge in [-0.2, -0.15) is 0 Å². The maximum Gasteiger partial charge on any atom is 0.269 e. The molecule has 0 bridgehead atoms. The van der Waals surface area contributed by atoms with Crippen molar-refractivity contribution in [2.75, 3.05) is 11.9 Å². The van der Waals surface area contributed by atoms with Gasteiger partial charge in [0.25, 0.3) is 5.69 Å². The molecule has 26 heavy (non-hydrogen) atoms. The number of rotatable bonds is 9. The summed E-state index contributed by atoms with van der Waals surface area (Å²) in [5, 5.41) is 16.9. The quantitative estimate of drug-likeness (QED) is 0.399. The predicted octanol–water partition coefficient (Wildman–Crippen LogP) is 4.30. The lowest BCUT2D eigenvalue weighted by atomic mass is 9.96. The van der Waals surface area contributed by atoms with E-state index in [1.807, 2.05) is 30.3 Å². The molecular weight excluding hydrogens is 330 g/mol. The number of carbonyl (C=O) groups is 1. The Morgan fingerprint density at radius 1 is 1.08 bits per heavy atom. The van der Waals surface area contributed by atoms with Gasteiger partial charge in [0.2, 0.25) is 5.91 Å². The monoisotopic (exact) mass is 355 g/mol. The van der Waals surface area contributed by atoms with Gasteiger partial charge < -0.3 is 10.6 Å². The van der Waals surface area contributed by atoms with Gasteiger partial charge in [-0.25, -0.2) is 0 Å². The van der Waals surface area contributed by atoms with Crippen LogP contribution in [0.25, 0.3) is 0 Å². The number of nitrogens with one attached hydrogen (secondary N) is 2. The van der Waals surface area contributed by atoms with Crippen molar-refractivity contribution in [3.05, 3.63) is 70.3 Å². The van der Waals surface area contributed by atoms with E-state index in [4.69, 9.17) is 0 Å². The molecule has 6 nitrogen and oxygen atoms in total. The molecule has 2 aromatic rings. The molecule has 0 aliphatic heterocycles. The summed E-state index contributed by atoms with van der Waals surface area (Å²) in [6, 6.07) is 16.2. The van der Waals surface area contributed by atoms with E-state index in [0.29, 0.717) is 25.3 Å². The Balaban J connectivity index is 1.76. The molecule has 1 unspecified atom stereocenters. The Bertz CT molecular complexity index is 715. The summed E-state index contributed by atoms with van der Waals surface area (Å²) < 4.78 is 0. The standard InChI is InChI=1S/C20H25N3O3/c1-15(2)20(16-7-4-3-5-8-16)22-19(24)9-6-14-21-17-10-12-18(13-11-17)23(25)26/h3-5,7-8,10-13,15,20-21H,6,9,14H2,1-2H3,(H,22,24). The highest BCUT2D eigenvalue weighted by atomic mass is 16.6. The van der Waals surface area contributed by atoms with E-state index in [-0.39, 0.29) is 17.6 Å². The van der Waals surface area contributed by atoms with Gasteiger partial charge in [-0.3, -0.25) is 14.9 Å². The van der Waals surface area contributed by atoms with Gasteiger partial charge in [-0.15, -0.1) is 0 Å². The molecule has 0 aromatic heterocycles. The number of nitro benzene ring substituents is 1. The molecule has 0 aliphatic carbocycles. The van der Waals surface area contributed by atoms with Crippen LogP contribution in [0.4, 0.5) is 11.4 Å². The van der Waals surface area contributed by atoms with Crippen molar-refractivity contribution in [3.63, 3.8) is 0 Å². The highest BCUT2D eigenvalue weighted by Gasteiger charge is 2.17. The maximum absolute atomic E-state index is 12.2. The number of carbonyl (C=O) groups excluding carboxylic acids is 1. The fraction of sp³-hybridized carbons (Fsp3) is 0.350. The molecule has 0 aliphatic rings. The van der Waals surface area contributed by atoms with Crippen molar-refractivity contribution < 1.29 is 9.72 Å². The first-order valence-corrected chi connectivity index (χ1v) is 8.80. The van der Waals surface area contributed by atoms with Crippen LogP contribution in [0.15, 0.2) is 54.6 Å². The third-order valence-corrected chi connectivity index (χ3v) is 4.13. The third kappa shape index (κ3) is 5.88. The normalized spacial score (nSPS) is 11.8. The number of benzene rings is 2. The van der Waals surface area contributed by atoms with Gasteiger partial charge in [0.05, 0.1) is 11.0 Å². The van der Waals surface area contributed by atoms with Gasteiger partial charge in [-0.1, -0.05) is 44.2 Å². The third-order valence-electron chi connectivity index (χ3n) is 4.13. The summed E-state index contributed by atoms with van der Waals surface area (Å²) >= 11 is 0. The lowest BCUT2D eigenvalue weighted by Gasteiger charge is -2.23. The molecule has 2 rings (SSSR count). The van der Waals surface area contributed by atoms with Crippen molar-refractivity contribution in [2.45, 2.75) is 32.7 Å². The topological polar surface area (TPSA) is 84.3 Å². The first-order valence-electron chi connectivity index (χ1n) is 8.80. The van der Waals surface area contributed by atoms with Crippen LogP contribution < -0.4 is 10.6 Å². The molecule has 0 saturated heterocycles. The second-order valence-electron chi connectivity index (χ2n) is 6.53. The zero-order valence-corrected chi connectivity index (χ0v) is 15.1. The molecule has 0 heterocycles. The second-order valence-corrected chi connectivity index (χ2v) is 6.53. The predicted molar refractivity (Wildman–Crippen MR) is 103 cm³/mol. The van der Waals surface area contributed by atoms with E-state index in [1.54, 1.807) is 12.1 Å². The minimum atomic E-state index is -0.425. The van der Waals surface area contributed by atoms with Crippen LogP contribution in [-0.2, 0) is 4.79 Å². The number of hydrogen-bond donors (Lipinski definition) is 2. The Labute approximate surface area is 153 Å². The van der Waals surface area contributed by atoms with E-state index in [1.165, 1.54) is 12.1 Å². The number of hydrogen-bond acceptors (Lipinski definition) is 4. The second kappa shape index (κ2) is 9.56. The molecule has 2 aromatic carbocycles. The summed E-state index contributed by atoms with van der Waals surface area (Å²) in [6.07, 6.45) is 1.11. The molecule has 6 heteroatoms. The van der Waals surface area contributed by atoms with Gasteiger partial charge in [0.1, 0.15) is 0 Å². The van der Waals surface area contributed by atoms with Crippen molar-refractivity contribution >= 4 is 17.3 Å². The summed E-state index contributed by atoms with van der Waals surface area (Å²) in [4.78, 5) is 22.5. The van der Waals surface area contributed by atoms with E-state index in [0.717, 1.165) is 11.3 Å². The van der Waals surface area contributed by atoms with Crippen LogP contribution in [0.1, 0.15) is 38.3 Å². The molecular formula is C20H25N3O3. The van der Waals surface area contributed by atoms with Crippen LogP contribution >= 0.6 is 0 Å². The van der Waals surface area contributed by atoms with Crippen LogP contribution in [0, 0.1) is 16.0 Å². The van der Waals surface area contributed by atoms with E-state index in [9.17, 15) is 14.9 Å². The Hall–Kier alpha value is -2.89. The summed E-state index contributed by atoms with van der Waals surface area (Å²) in [6.45, 7) is 4.81. The van der Waals surface area contributed by atoms with Crippen LogP contribution in [-0.4, -0.2) is 17.4 Å². The van der Waals surface area contributed by atoms with Gasteiger partial charge in [0.15, 0.2) is 0 Å². The lowest BCUT2D eigenvalue weighted by molar-refractivity contribution is -0.384. The SMILES string of the molecule is CC(C)C(NC(=O)CCCNc1ccc([N+](=O)[O-])cc1)c1ccccc1. The molecule has 138 valence electrons. The number of nitrogens with zero attached hydrogens (tertiary/aromatic N) is 1. The van der Waals surface area contributed by atoms with Crippen LogP contribution in [0.5, 0.6) is 0 Å². The Morgan fingerprint density at radius 2 is 1.73 bits per heavy atom. The van der Waals surface area contributed by atoms with Crippen LogP contribution in [0.2, 0.25) is 0 Å². The number of amides is 1. The van der Waals surface area contributed by atoms with Crippen molar-refractivity contribution in [1.82, 2.24) is 5.32 Å². The minimum absolute atomic E-state index is 0.00586. The fourth-order valence-electron chi connectivity index (χ4n) is 2.72. The van der Waals surface area contributed by atoms with Gasteiger partial charge >= 0.3 is 0 Å². The average molecular weight is 355 g/mol. The van der Waals surface area contributed by atoms with Crippen LogP contribution in [0.3, 0.4) is 0 Å². The zero-order valence-electron chi connectivity index (χ0n) is 15.1. The summed E-state index contributed by atoms with van der Waals surface area (Å²) in [5.74, 6) is 0.331. The van der Waals surface area contributed by atoms with Crippen molar-refractivity contribution in [3.8, 4) is 0 Å². The molecule has 1 amide bonds. The highest BCUT2D eigenvalue weighted by Crippen LogP contribution is 2.21. The molecule has 0 spiro atoms. The molecule has 2 N–H and O–H groups in total. The van der Waals surface area contributed by atoms with Crippen molar-refractivity contribution in [2.24, 2.45) is 5.92 Å². The number of nitro groups is 1. The average Bonchev–Trinajstić information content (AvgIpc) is 2.64. The lowest BCUT2D eigenvalue weighted by Crippen LogP contribution is -2.31. The van der Waals surface area contributed by atoms with E-state index >= 15 is 0 Å². The molecule has 0 saturated carbocycles. The van der Waals surface area contributed by atoms with E-state index < -0.39 is 4.92 Å². The molecule has 1 atom stereocenters. The van der Waals surface area contributed by atoms with Gasteiger partial charge in [-0.05, 0) is 30.0 Å². The first-order chi connectivity index (χ1) is 12.5. The summed E-state index contributed by atoms with van der Waals surface area (Å²) in [5.41, 5.74) is 1.98. The zero-order chi connectivity index (χ0) is 18.9. The highest BCUT2D eigenvalue weighted by molar-refractivity contribution is 5.76. The Kier molecular flexibility index (Phi) is 7.14. The summed E-state index contributed by atoms with van der Waals surface area (Å²) in [7, 11) is 0. The van der Waals surface area contributed by atoms with Crippen molar-refractivity contribution in [1.29, 1.82) is 0 Å². The smallest absolute Gasteiger partial charge is 0.269 e. The Morgan fingerprint density at radius 3 is 2.31 bits per heavy atom. The first kappa shape index (κ1) is 19.4. The minimum Gasteiger partial charge on any atom is -0.385 e. The fourth-order valence-corrected chi connectivity index (χ4v) is 2.72. The maximum atomic E-state index is 12.2. The molecule has 0 radical (unpaired) electrons. The number of anilines is 1.